The molecule has 19 heavy (non-hydrogen) atoms. The van der Waals surface area contributed by atoms with Crippen LogP contribution in [0.1, 0.15) is 44.9 Å². The lowest BCUT2D eigenvalue weighted by molar-refractivity contribution is -0.126. The summed E-state index contributed by atoms with van der Waals surface area (Å²) in [5, 5.41) is 3.61. The lowest BCUT2D eigenvalue weighted by atomic mass is 9.86. The highest BCUT2D eigenvalue weighted by Gasteiger charge is 2.23. The highest BCUT2D eigenvalue weighted by molar-refractivity contribution is 5.81. The zero-order valence-electron chi connectivity index (χ0n) is 11.9. The van der Waals surface area contributed by atoms with Gasteiger partial charge in [0, 0.05) is 24.7 Å². The summed E-state index contributed by atoms with van der Waals surface area (Å²) in [5.74, 6) is 0.983. The largest absolute Gasteiger partial charge is 0.330 e. The van der Waals surface area contributed by atoms with Crippen LogP contribution in [0.15, 0.2) is 12.3 Å². The Bertz CT molecular complexity index is 305. The Balaban J connectivity index is 1.57. The average molecular weight is 265 g/mol. The van der Waals surface area contributed by atoms with Gasteiger partial charge in [-0.05, 0) is 57.5 Å². The van der Waals surface area contributed by atoms with E-state index >= 15 is 0 Å². The predicted octanol–water partition coefficient (Wildman–Crippen LogP) is 1.62. The van der Waals surface area contributed by atoms with E-state index < -0.39 is 0 Å². The Morgan fingerprint density at radius 1 is 1.26 bits per heavy atom. The van der Waals surface area contributed by atoms with Gasteiger partial charge in [0.15, 0.2) is 0 Å². The summed E-state index contributed by atoms with van der Waals surface area (Å²) in [4.78, 5) is 13.4. The first-order valence-corrected chi connectivity index (χ1v) is 7.62. The van der Waals surface area contributed by atoms with Crippen molar-refractivity contribution in [1.29, 1.82) is 0 Å². The van der Waals surface area contributed by atoms with Gasteiger partial charge >= 0.3 is 0 Å². The quantitative estimate of drug-likeness (QED) is 0.718. The molecule has 0 atom stereocenters. The summed E-state index contributed by atoms with van der Waals surface area (Å²) in [6.45, 7) is 6.60. The SMILES string of the molecule is C=C1CCC(=O)N1CCCNC1CCC(CN)CC1. The number of hydrogen-bond acceptors (Lipinski definition) is 3. The summed E-state index contributed by atoms with van der Waals surface area (Å²) in [6, 6.07) is 0.653. The molecule has 4 heteroatoms. The lowest BCUT2D eigenvalue weighted by Crippen LogP contribution is -2.36. The lowest BCUT2D eigenvalue weighted by Gasteiger charge is -2.28. The smallest absolute Gasteiger partial charge is 0.227 e. The van der Waals surface area contributed by atoms with Crippen molar-refractivity contribution in [1.82, 2.24) is 10.2 Å². The Labute approximate surface area is 116 Å². The second-order valence-corrected chi connectivity index (χ2v) is 5.87. The Kier molecular flexibility index (Phi) is 5.40. The zero-order valence-corrected chi connectivity index (χ0v) is 11.9. The number of nitrogens with zero attached hydrogens (tertiary/aromatic N) is 1. The molecular weight excluding hydrogens is 238 g/mol. The highest BCUT2D eigenvalue weighted by Crippen LogP contribution is 2.23. The molecule has 0 radical (unpaired) electrons. The summed E-state index contributed by atoms with van der Waals surface area (Å²) >= 11 is 0. The fourth-order valence-corrected chi connectivity index (χ4v) is 3.13. The molecule has 2 fully saturated rings. The van der Waals surface area contributed by atoms with Crippen LogP contribution in [-0.4, -0.2) is 36.5 Å². The van der Waals surface area contributed by atoms with Crippen LogP contribution in [0.4, 0.5) is 0 Å². The molecule has 0 aromatic heterocycles. The molecular formula is C15H27N3O. The van der Waals surface area contributed by atoms with E-state index in [0.717, 1.165) is 44.1 Å². The van der Waals surface area contributed by atoms with Gasteiger partial charge in [-0.15, -0.1) is 0 Å². The van der Waals surface area contributed by atoms with Gasteiger partial charge in [-0.25, -0.2) is 0 Å². The molecule has 0 unspecified atom stereocenters. The molecule has 108 valence electrons. The van der Waals surface area contributed by atoms with Crippen LogP contribution >= 0.6 is 0 Å². The maximum Gasteiger partial charge on any atom is 0.227 e. The van der Waals surface area contributed by atoms with Gasteiger partial charge in [0.1, 0.15) is 0 Å². The Hall–Kier alpha value is -0.870. The number of nitrogens with two attached hydrogens (primary N) is 1. The molecule has 1 aliphatic heterocycles. The molecule has 0 aromatic rings. The molecule has 0 spiro atoms. The molecule has 1 saturated carbocycles. The van der Waals surface area contributed by atoms with E-state index in [4.69, 9.17) is 5.73 Å². The van der Waals surface area contributed by atoms with E-state index in [0.29, 0.717) is 12.5 Å². The molecule has 1 heterocycles. The number of rotatable bonds is 6. The third kappa shape index (κ3) is 4.05. The molecule has 2 aliphatic rings. The fraction of sp³-hybridized carbons (Fsp3) is 0.800. The van der Waals surface area contributed by atoms with Crippen LogP contribution in [0.5, 0.6) is 0 Å². The molecule has 1 saturated heterocycles. The molecule has 0 aromatic carbocycles. The van der Waals surface area contributed by atoms with Crippen LogP contribution in [0, 0.1) is 5.92 Å². The minimum absolute atomic E-state index is 0.244. The minimum atomic E-state index is 0.244. The van der Waals surface area contributed by atoms with Crippen molar-refractivity contribution in [3.05, 3.63) is 12.3 Å². The second kappa shape index (κ2) is 7.06. The van der Waals surface area contributed by atoms with Gasteiger partial charge < -0.3 is 16.0 Å². The fourth-order valence-electron chi connectivity index (χ4n) is 3.13. The summed E-state index contributed by atoms with van der Waals surface area (Å²) in [6.07, 6.45) is 7.52. The average Bonchev–Trinajstić information content (AvgIpc) is 2.75. The van der Waals surface area contributed by atoms with Crippen molar-refractivity contribution in [2.24, 2.45) is 11.7 Å². The first-order chi connectivity index (χ1) is 9.20. The zero-order chi connectivity index (χ0) is 13.7. The van der Waals surface area contributed by atoms with E-state index in [1.807, 2.05) is 4.90 Å². The standard InChI is InChI=1S/C15H27N3O/c1-12-3-8-15(19)18(12)10-2-9-17-14-6-4-13(11-16)5-7-14/h13-14,17H,1-11,16H2. The van der Waals surface area contributed by atoms with Crippen LogP contribution < -0.4 is 11.1 Å². The van der Waals surface area contributed by atoms with Crippen LogP contribution in [-0.2, 0) is 4.79 Å². The number of likely N-dealkylation sites (tertiary alicyclic amines) is 1. The van der Waals surface area contributed by atoms with E-state index in [1.54, 1.807) is 0 Å². The number of carbonyl (C=O) groups excluding carboxylic acids is 1. The monoisotopic (exact) mass is 265 g/mol. The molecule has 3 N–H and O–H groups in total. The second-order valence-electron chi connectivity index (χ2n) is 5.87. The topological polar surface area (TPSA) is 58.4 Å². The summed E-state index contributed by atoms with van der Waals surface area (Å²) in [5.41, 5.74) is 6.69. The van der Waals surface area contributed by atoms with Gasteiger partial charge in [-0.2, -0.15) is 0 Å². The number of allylic oxidation sites excluding steroid dienone is 1. The minimum Gasteiger partial charge on any atom is -0.330 e. The van der Waals surface area contributed by atoms with Crippen LogP contribution in [0.25, 0.3) is 0 Å². The Morgan fingerprint density at radius 2 is 2.00 bits per heavy atom. The van der Waals surface area contributed by atoms with Gasteiger partial charge in [0.25, 0.3) is 0 Å². The van der Waals surface area contributed by atoms with E-state index in [9.17, 15) is 4.79 Å². The van der Waals surface area contributed by atoms with E-state index in [-0.39, 0.29) is 5.91 Å². The third-order valence-electron chi connectivity index (χ3n) is 4.48. The molecule has 1 aliphatic carbocycles. The maximum absolute atomic E-state index is 11.6. The van der Waals surface area contributed by atoms with Gasteiger partial charge in [-0.1, -0.05) is 6.58 Å². The van der Waals surface area contributed by atoms with E-state index in [1.165, 1.54) is 25.7 Å². The molecule has 1 amide bonds. The first-order valence-electron chi connectivity index (χ1n) is 7.62. The molecule has 2 rings (SSSR count). The van der Waals surface area contributed by atoms with Crippen molar-refractivity contribution in [2.75, 3.05) is 19.6 Å². The van der Waals surface area contributed by atoms with Crippen molar-refractivity contribution in [3.8, 4) is 0 Å². The van der Waals surface area contributed by atoms with Crippen LogP contribution in [0.3, 0.4) is 0 Å². The highest BCUT2D eigenvalue weighted by atomic mass is 16.2. The number of carbonyl (C=O) groups is 1. The van der Waals surface area contributed by atoms with Gasteiger partial charge in [0.05, 0.1) is 0 Å². The van der Waals surface area contributed by atoms with Crippen molar-refractivity contribution in [2.45, 2.75) is 51.0 Å². The number of hydrogen-bond donors (Lipinski definition) is 2. The number of amides is 1. The first kappa shape index (κ1) is 14.5. The molecule has 0 bridgehead atoms. The van der Waals surface area contributed by atoms with Crippen molar-refractivity contribution >= 4 is 5.91 Å². The molecule has 4 nitrogen and oxygen atoms in total. The van der Waals surface area contributed by atoms with Crippen molar-refractivity contribution in [3.63, 3.8) is 0 Å². The maximum atomic E-state index is 11.6. The Morgan fingerprint density at radius 3 is 2.58 bits per heavy atom. The van der Waals surface area contributed by atoms with E-state index in [2.05, 4.69) is 11.9 Å². The van der Waals surface area contributed by atoms with Gasteiger partial charge in [-0.3, -0.25) is 4.79 Å². The summed E-state index contributed by atoms with van der Waals surface area (Å²) in [7, 11) is 0. The van der Waals surface area contributed by atoms with Crippen LogP contribution in [0.2, 0.25) is 0 Å². The third-order valence-corrected chi connectivity index (χ3v) is 4.48. The normalized spacial score (nSPS) is 28.2. The van der Waals surface area contributed by atoms with Crippen molar-refractivity contribution < 1.29 is 4.79 Å². The van der Waals surface area contributed by atoms with Gasteiger partial charge in [0.2, 0.25) is 5.91 Å². The predicted molar refractivity (Wildman–Crippen MR) is 77.5 cm³/mol. The number of nitrogens with one attached hydrogen (secondary N) is 1. The summed E-state index contributed by atoms with van der Waals surface area (Å²) < 4.78 is 0.